The van der Waals surface area contributed by atoms with Gasteiger partial charge in [0, 0.05) is 0 Å². The van der Waals surface area contributed by atoms with E-state index in [0.717, 1.165) is 12.0 Å². The van der Waals surface area contributed by atoms with Gasteiger partial charge in [-0.2, -0.15) is 4.72 Å². The first-order valence-corrected chi connectivity index (χ1v) is 7.10. The van der Waals surface area contributed by atoms with Gasteiger partial charge in [-0.25, -0.2) is 8.42 Å². The topological polar surface area (TPSA) is 72.2 Å². The Morgan fingerprint density at radius 1 is 1.33 bits per heavy atom. The molecule has 0 aliphatic heterocycles. The van der Waals surface area contributed by atoms with Gasteiger partial charge in [0.25, 0.3) is 0 Å². The molecule has 0 unspecified atom stereocenters. The van der Waals surface area contributed by atoms with Crippen molar-refractivity contribution in [1.29, 1.82) is 0 Å². The van der Waals surface area contributed by atoms with Gasteiger partial charge in [0.15, 0.2) is 0 Å². The Balaban J connectivity index is 2.96. The molecule has 0 fully saturated rings. The Hall–Kier alpha value is -1.35. The molecule has 1 aromatic rings. The van der Waals surface area contributed by atoms with E-state index in [0.29, 0.717) is 6.54 Å². The third kappa shape index (κ3) is 3.84. The van der Waals surface area contributed by atoms with Crippen molar-refractivity contribution in [3.8, 4) is 12.3 Å². The Bertz CT molecular complexity index is 539. The van der Waals surface area contributed by atoms with E-state index >= 15 is 0 Å². The van der Waals surface area contributed by atoms with Gasteiger partial charge in [-0.15, -0.1) is 6.42 Å². The van der Waals surface area contributed by atoms with E-state index in [1.165, 1.54) is 0 Å². The molecule has 18 heavy (non-hydrogen) atoms. The Kier molecular flexibility index (Phi) is 4.52. The highest BCUT2D eigenvalue weighted by Gasteiger charge is 2.23. The van der Waals surface area contributed by atoms with Crippen LogP contribution in [0.15, 0.2) is 29.2 Å². The van der Waals surface area contributed by atoms with E-state index in [1.54, 1.807) is 38.1 Å². The summed E-state index contributed by atoms with van der Waals surface area (Å²) >= 11 is 0. The van der Waals surface area contributed by atoms with Gasteiger partial charge < -0.3 is 5.73 Å². The second-order valence-corrected chi connectivity index (χ2v) is 6.24. The maximum atomic E-state index is 12.0. The van der Waals surface area contributed by atoms with E-state index in [2.05, 4.69) is 10.6 Å². The highest BCUT2D eigenvalue weighted by Crippen LogP contribution is 2.13. The number of nitrogens with two attached hydrogens (primary N) is 1. The number of hydrogen-bond acceptors (Lipinski definition) is 3. The highest BCUT2D eigenvalue weighted by atomic mass is 32.2. The van der Waals surface area contributed by atoms with Gasteiger partial charge >= 0.3 is 0 Å². The summed E-state index contributed by atoms with van der Waals surface area (Å²) in [5.41, 5.74) is 5.53. The fraction of sp³-hybridized carbons (Fsp3) is 0.385. The third-order valence-corrected chi connectivity index (χ3v) is 4.09. The van der Waals surface area contributed by atoms with Crippen LogP contribution in [0.5, 0.6) is 0 Å². The Labute approximate surface area is 109 Å². The van der Waals surface area contributed by atoms with Crippen molar-refractivity contribution in [2.45, 2.75) is 30.7 Å². The minimum Gasteiger partial charge on any atom is -0.330 e. The number of rotatable bonds is 5. The van der Waals surface area contributed by atoms with Crippen LogP contribution in [0.1, 0.15) is 19.4 Å². The van der Waals surface area contributed by atoms with E-state index in [1.807, 2.05) is 0 Å². The predicted octanol–water partition coefficient (Wildman–Crippen LogP) is 0.878. The minimum atomic E-state index is -3.59. The molecule has 1 rings (SSSR count). The molecule has 4 nitrogen and oxygen atoms in total. The minimum absolute atomic E-state index is 0.201. The average molecular weight is 266 g/mol. The molecule has 0 aliphatic rings. The third-order valence-electron chi connectivity index (χ3n) is 2.42. The highest BCUT2D eigenvalue weighted by molar-refractivity contribution is 7.89. The van der Waals surface area contributed by atoms with Crippen molar-refractivity contribution in [3.63, 3.8) is 0 Å². The SMILES string of the molecule is C#CC(C)(C)NS(=O)(=O)c1ccc(CCN)cc1. The maximum absolute atomic E-state index is 12.0. The zero-order valence-electron chi connectivity index (χ0n) is 10.6. The molecule has 0 saturated carbocycles. The van der Waals surface area contributed by atoms with Crippen LogP contribution in [0.2, 0.25) is 0 Å². The molecule has 98 valence electrons. The zero-order valence-corrected chi connectivity index (χ0v) is 11.4. The van der Waals surface area contributed by atoms with Gasteiger partial charge in [0.2, 0.25) is 10.0 Å². The van der Waals surface area contributed by atoms with Crippen molar-refractivity contribution >= 4 is 10.0 Å². The fourth-order valence-corrected chi connectivity index (χ4v) is 2.77. The monoisotopic (exact) mass is 266 g/mol. The van der Waals surface area contributed by atoms with Gasteiger partial charge in [-0.05, 0) is 44.5 Å². The van der Waals surface area contributed by atoms with Crippen LogP contribution in [0.4, 0.5) is 0 Å². The fourth-order valence-electron chi connectivity index (χ4n) is 1.43. The lowest BCUT2D eigenvalue weighted by atomic mass is 10.1. The summed E-state index contributed by atoms with van der Waals surface area (Å²) in [4.78, 5) is 0.201. The molecular formula is C13H18N2O2S. The number of benzene rings is 1. The summed E-state index contributed by atoms with van der Waals surface area (Å²) in [7, 11) is -3.59. The van der Waals surface area contributed by atoms with Gasteiger partial charge in [0.1, 0.15) is 0 Å². The average Bonchev–Trinajstić information content (AvgIpc) is 2.29. The van der Waals surface area contributed by atoms with Crippen LogP contribution in [0.25, 0.3) is 0 Å². The zero-order chi connectivity index (χ0) is 13.8. The lowest BCUT2D eigenvalue weighted by Gasteiger charge is -2.19. The van der Waals surface area contributed by atoms with Crippen LogP contribution in [0, 0.1) is 12.3 Å². The van der Waals surface area contributed by atoms with E-state index in [4.69, 9.17) is 12.2 Å². The second-order valence-electron chi connectivity index (χ2n) is 4.56. The molecule has 3 N–H and O–H groups in total. The molecule has 0 heterocycles. The number of hydrogen-bond donors (Lipinski definition) is 2. The Morgan fingerprint density at radius 2 is 1.89 bits per heavy atom. The largest absolute Gasteiger partial charge is 0.330 e. The van der Waals surface area contributed by atoms with E-state index in [-0.39, 0.29) is 4.90 Å². The van der Waals surface area contributed by atoms with Crippen molar-refractivity contribution in [2.75, 3.05) is 6.54 Å². The summed E-state index contributed by atoms with van der Waals surface area (Å²) < 4.78 is 26.6. The first-order valence-electron chi connectivity index (χ1n) is 5.61. The van der Waals surface area contributed by atoms with Crippen molar-refractivity contribution < 1.29 is 8.42 Å². The lowest BCUT2D eigenvalue weighted by molar-refractivity contribution is 0.539. The van der Waals surface area contributed by atoms with Gasteiger partial charge in [0.05, 0.1) is 10.4 Å². The van der Waals surface area contributed by atoms with E-state index in [9.17, 15) is 8.42 Å². The van der Waals surface area contributed by atoms with Crippen LogP contribution < -0.4 is 10.5 Å². The molecule has 0 atom stereocenters. The normalized spacial score (nSPS) is 12.1. The van der Waals surface area contributed by atoms with Crippen LogP contribution in [-0.2, 0) is 16.4 Å². The summed E-state index contributed by atoms with van der Waals surface area (Å²) in [6.07, 6.45) is 5.99. The predicted molar refractivity (Wildman–Crippen MR) is 72.4 cm³/mol. The summed E-state index contributed by atoms with van der Waals surface area (Å²) in [6, 6.07) is 6.62. The second kappa shape index (κ2) is 5.53. The molecule has 0 aromatic heterocycles. The molecule has 0 radical (unpaired) electrons. The number of nitrogens with one attached hydrogen (secondary N) is 1. The first kappa shape index (κ1) is 14.7. The molecular weight excluding hydrogens is 248 g/mol. The summed E-state index contributed by atoms with van der Waals surface area (Å²) in [6.45, 7) is 3.80. The molecule has 0 aliphatic carbocycles. The van der Waals surface area contributed by atoms with Crippen molar-refractivity contribution in [3.05, 3.63) is 29.8 Å². The smallest absolute Gasteiger partial charge is 0.241 e. The molecule has 0 amide bonds. The molecule has 0 saturated heterocycles. The van der Waals surface area contributed by atoms with E-state index < -0.39 is 15.6 Å². The van der Waals surface area contributed by atoms with Crippen molar-refractivity contribution in [1.82, 2.24) is 4.72 Å². The van der Waals surface area contributed by atoms with Crippen LogP contribution in [0.3, 0.4) is 0 Å². The number of sulfonamides is 1. The standard InChI is InChI=1S/C13H18N2O2S/c1-4-13(2,3)15-18(16,17)12-7-5-11(6-8-12)9-10-14/h1,5-8,15H,9-10,14H2,2-3H3. The van der Waals surface area contributed by atoms with Gasteiger partial charge in [-0.3, -0.25) is 0 Å². The van der Waals surface area contributed by atoms with Crippen LogP contribution in [-0.4, -0.2) is 20.5 Å². The maximum Gasteiger partial charge on any atom is 0.241 e. The van der Waals surface area contributed by atoms with Crippen molar-refractivity contribution in [2.24, 2.45) is 5.73 Å². The number of terminal acetylenes is 1. The lowest BCUT2D eigenvalue weighted by Crippen LogP contribution is -2.41. The Morgan fingerprint density at radius 3 is 2.33 bits per heavy atom. The molecule has 1 aromatic carbocycles. The van der Waals surface area contributed by atoms with Crippen LogP contribution >= 0.6 is 0 Å². The molecule has 0 spiro atoms. The summed E-state index contributed by atoms with van der Waals surface area (Å²) in [5, 5.41) is 0. The molecule has 5 heteroatoms. The first-order chi connectivity index (χ1) is 8.30. The molecule has 0 bridgehead atoms. The summed E-state index contributed by atoms with van der Waals surface area (Å²) in [5.74, 6) is 2.39. The quantitative estimate of drug-likeness (QED) is 0.777. The van der Waals surface area contributed by atoms with Gasteiger partial charge in [-0.1, -0.05) is 18.1 Å².